The lowest BCUT2D eigenvalue weighted by atomic mass is 10.0. The van der Waals surface area contributed by atoms with E-state index in [4.69, 9.17) is 5.73 Å². The van der Waals surface area contributed by atoms with Gasteiger partial charge in [-0.1, -0.05) is 30.3 Å². The topological polar surface area (TPSA) is 26.0 Å². The summed E-state index contributed by atoms with van der Waals surface area (Å²) in [6.45, 7) is 0.549. The highest BCUT2D eigenvalue weighted by Crippen LogP contribution is 2.21. The number of benzene rings is 2. The van der Waals surface area contributed by atoms with Gasteiger partial charge >= 0.3 is 0 Å². The highest BCUT2D eigenvalue weighted by atomic mass is 19.1. The molecule has 0 aliphatic heterocycles. The zero-order valence-corrected chi connectivity index (χ0v) is 7.83. The van der Waals surface area contributed by atoms with Gasteiger partial charge in [-0.15, -0.1) is 0 Å². The smallest absolute Gasteiger partial charge is 0.131 e. The van der Waals surface area contributed by atoms with Gasteiger partial charge in [-0.3, -0.25) is 0 Å². The van der Waals surface area contributed by atoms with Gasteiger partial charge in [0.25, 0.3) is 0 Å². The Kier molecular flexibility index (Phi) is 2.46. The minimum Gasteiger partial charge on any atom is -0.330 e. The summed E-state index contributed by atoms with van der Waals surface area (Å²) in [7, 11) is 0. The van der Waals surface area contributed by atoms with Crippen LogP contribution in [0.5, 0.6) is 0 Å². The van der Waals surface area contributed by atoms with Crippen molar-refractivity contribution in [3.63, 3.8) is 0 Å². The summed E-state index contributed by atoms with van der Waals surface area (Å²) in [4.78, 5) is 0. The molecule has 0 aliphatic rings. The zero-order valence-electron chi connectivity index (χ0n) is 7.83. The van der Waals surface area contributed by atoms with E-state index in [-0.39, 0.29) is 5.82 Å². The predicted molar refractivity (Wildman–Crippen MR) is 56.7 cm³/mol. The maximum atomic E-state index is 13.5. The lowest BCUT2D eigenvalue weighted by molar-refractivity contribution is 0.638. The monoisotopic (exact) mass is 189 g/mol. The molecule has 0 saturated heterocycles. The van der Waals surface area contributed by atoms with Crippen LogP contribution in [0.4, 0.5) is 4.39 Å². The zero-order chi connectivity index (χ0) is 9.97. The van der Waals surface area contributed by atoms with Crippen LogP contribution >= 0.6 is 0 Å². The standard InChI is InChI=1S/C12H12FN/c13-11-6-2-5-9-3-1-4-10(7-8-14)12(9)11/h1-6H,7-8,14H2. The van der Waals surface area contributed by atoms with Gasteiger partial charge in [-0.05, 0) is 30.0 Å². The summed E-state index contributed by atoms with van der Waals surface area (Å²) >= 11 is 0. The van der Waals surface area contributed by atoms with Crippen LogP contribution in [-0.2, 0) is 6.42 Å². The van der Waals surface area contributed by atoms with E-state index in [2.05, 4.69) is 0 Å². The maximum Gasteiger partial charge on any atom is 0.131 e. The largest absolute Gasteiger partial charge is 0.330 e. The third-order valence-electron chi connectivity index (χ3n) is 2.35. The summed E-state index contributed by atoms with van der Waals surface area (Å²) in [6.07, 6.45) is 0.721. The molecule has 1 nitrogen and oxygen atoms in total. The predicted octanol–water partition coefficient (Wildman–Crippen LogP) is 2.48. The molecule has 0 amide bonds. The van der Waals surface area contributed by atoms with Gasteiger partial charge in [0.15, 0.2) is 0 Å². The molecule has 0 atom stereocenters. The van der Waals surface area contributed by atoms with Crippen LogP contribution < -0.4 is 5.73 Å². The third-order valence-corrected chi connectivity index (χ3v) is 2.35. The second-order valence-corrected chi connectivity index (χ2v) is 3.29. The van der Waals surface area contributed by atoms with E-state index in [9.17, 15) is 4.39 Å². The summed E-state index contributed by atoms with van der Waals surface area (Å²) in [5.74, 6) is -0.161. The van der Waals surface area contributed by atoms with Crippen molar-refractivity contribution in [2.75, 3.05) is 6.54 Å². The Morgan fingerprint density at radius 1 is 1.07 bits per heavy atom. The fourth-order valence-electron chi connectivity index (χ4n) is 1.73. The highest BCUT2D eigenvalue weighted by molar-refractivity contribution is 5.86. The lowest BCUT2D eigenvalue weighted by Crippen LogP contribution is -2.03. The first-order valence-electron chi connectivity index (χ1n) is 4.69. The van der Waals surface area contributed by atoms with Crippen LogP contribution in [0.1, 0.15) is 5.56 Å². The fourth-order valence-corrected chi connectivity index (χ4v) is 1.73. The van der Waals surface area contributed by atoms with Gasteiger partial charge in [0.1, 0.15) is 5.82 Å². The summed E-state index contributed by atoms with van der Waals surface area (Å²) in [6, 6.07) is 10.9. The Morgan fingerprint density at radius 3 is 2.50 bits per heavy atom. The summed E-state index contributed by atoms with van der Waals surface area (Å²) in [5.41, 5.74) is 6.47. The van der Waals surface area contributed by atoms with E-state index in [1.165, 1.54) is 6.07 Å². The Morgan fingerprint density at radius 2 is 1.79 bits per heavy atom. The van der Waals surface area contributed by atoms with Crippen LogP contribution in [-0.4, -0.2) is 6.54 Å². The quantitative estimate of drug-likeness (QED) is 0.771. The van der Waals surface area contributed by atoms with Crippen molar-refractivity contribution in [3.05, 3.63) is 47.8 Å². The van der Waals surface area contributed by atoms with Gasteiger partial charge in [0.2, 0.25) is 0 Å². The molecule has 2 heteroatoms. The molecule has 2 aromatic rings. The van der Waals surface area contributed by atoms with Gasteiger partial charge in [-0.25, -0.2) is 4.39 Å². The SMILES string of the molecule is NCCc1cccc2cccc(F)c12. The van der Waals surface area contributed by atoms with Crippen molar-refractivity contribution < 1.29 is 4.39 Å². The normalized spacial score (nSPS) is 10.7. The number of fused-ring (bicyclic) bond motifs is 1. The van der Waals surface area contributed by atoms with Crippen LogP contribution in [0.15, 0.2) is 36.4 Å². The van der Waals surface area contributed by atoms with E-state index >= 15 is 0 Å². The van der Waals surface area contributed by atoms with Crippen LogP contribution in [0.3, 0.4) is 0 Å². The van der Waals surface area contributed by atoms with E-state index < -0.39 is 0 Å². The van der Waals surface area contributed by atoms with E-state index in [1.54, 1.807) is 6.07 Å². The van der Waals surface area contributed by atoms with Gasteiger partial charge in [0, 0.05) is 5.39 Å². The molecular weight excluding hydrogens is 177 g/mol. The van der Waals surface area contributed by atoms with Gasteiger partial charge in [-0.2, -0.15) is 0 Å². The van der Waals surface area contributed by atoms with Crippen LogP contribution in [0.25, 0.3) is 10.8 Å². The number of halogens is 1. The van der Waals surface area contributed by atoms with E-state index in [0.29, 0.717) is 11.9 Å². The average molecular weight is 189 g/mol. The number of nitrogens with two attached hydrogens (primary N) is 1. The lowest BCUT2D eigenvalue weighted by Gasteiger charge is -2.05. The van der Waals surface area contributed by atoms with Crippen molar-refractivity contribution in [3.8, 4) is 0 Å². The molecule has 0 unspecified atom stereocenters. The number of rotatable bonds is 2. The first-order chi connectivity index (χ1) is 6.83. The molecule has 0 bridgehead atoms. The van der Waals surface area contributed by atoms with Crippen molar-refractivity contribution in [2.45, 2.75) is 6.42 Å². The van der Waals surface area contributed by atoms with Gasteiger partial charge in [0.05, 0.1) is 0 Å². The number of hydrogen-bond acceptors (Lipinski definition) is 1. The Bertz CT molecular complexity index is 446. The molecular formula is C12H12FN. The Hall–Kier alpha value is -1.41. The third kappa shape index (κ3) is 1.49. The van der Waals surface area contributed by atoms with Crippen molar-refractivity contribution in [1.82, 2.24) is 0 Å². The fraction of sp³-hybridized carbons (Fsp3) is 0.167. The molecule has 2 aromatic carbocycles. The average Bonchev–Trinajstić information content (AvgIpc) is 2.19. The molecule has 2 rings (SSSR count). The van der Waals surface area contributed by atoms with Crippen molar-refractivity contribution >= 4 is 10.8 Å². The van der Waals surface area contributed by atoms with Crippen LogP contribution in [0.2, 0.25) is 0 Å². The maximum absolute atomic E-state index is 13.5. The molecule has 0 saturated carbocycles. The second kappa shape index (κ2) is 3.76. The van der Waals surface area contributed by atoms with Gasteiger partial charge < -0.3 is 5.73 Å². The Labute approximate surface area is 82.3 Å². The van der Waals surface area contributed by atoms with Crippen LogP contribution in [0, 0.1) is 5.82 Å². The first-order valence-corrected chi connectivity index (χ1v) is 4.69. The molecule has 2 N–H and O–H groups in total. The summed E-state index contributed by atoms with van der Waals surface area (Å²) in [5, 5.41) is 1.65. The number of hydrogen-bond donors (Lipinski definition) is 1. The highest BCUT2D eigenvalue weighted by Gasteiger charge is 2.04. The molecule has 0 radical (unpaired) electrons. The molecule has 0 aliphatic carbocycles. The van der Waals surface area contributed by atoms with Crippen molar-refractivity contribution in [1.29, 1.82) is 0 Å². The second-order valence-electron chi connectivity index (χ2n) is 3.29. The molecule has 72 valence electrons. The molecule has 0 heterocycles. The molecule has 14 heavy (non-hydrogen) atoms. The first kappa shape index (κ1) is 9.16. The van der Waals surface area contributed by atoms with Crippen molar-refractivity contribution in [2.24, 2.45) is 5.73 Å². The minimum atomic E-state index is -0.161. The summed E-state index contributed by atoms with van der Waals surface area (Å²) < 4.78 is 13.5. The van der Waals surface area contributed by atoms with E-state index in [0.717, 1.165) is 17.4 Å². The molecule has 0 aromatic heterocycles. The molecule has 0 spiro atoms. The minimum absolute atomic E-state index is 0.161. The Balaban J connectivity index is 2.71. The van der Waals surface area contributed by atoms with E-state index in [1.807, 2.05) is 24.3 Å². The molecule has 0 fully saturated rings.